The van der Waals surface area contributed by atoms with Gasteiger partial charge in [-0.15, -0.1) is 0 Å². The van der Waals surface area contributed by atoms with Crippen LogP contribution in [0.4, 0.5) is 27.1 Å². The molecule has 1 saturated heterocycles. The van der Waals surface area contributed by atoms with Crippen molar-refractivity contribution < 1.29 is 39.9 Å². The number of benzene rings is 2. The quantitative estimate of drug-likeness (QED) is 0.254. The Morgan fingerprint density at radius 1 is 1.04 bits per heavy atom. The molecule has 17 heteroatoms. The summed E-state index contributed by atoms with van der Waals surface area (Å²) in [5.74, 6) is 0.305. The van der Waals surface area contributed by atoms with Crippen LogP contribution in [0.15, 0.2) is 59.6 Å². The number of anilines is 1. The van der Waals surface area contributed by atoms with E-state index >= 15 is 0 Å². The van der Waals surface area contributed by atoms with Crippen LogP contribution in [0.1, 0.15) is 35.7 Å². The van der Waals surface area contributed by atoms with Crippen LogP contribution in [0.3, 0.4) is 0 Å². The van der Waals surface area contributed by atoms with Gasteiger partial charge in [0.1, 0.15) is 17.6 Å². The normalized spacial score (nSPS) is 18.0. The molecule has 238 valence electrons. The van der Waals surface area contributed by atoms with Crippen molar-refractivity contribution in [3.63, 3.8) is 0 Å². The zero-order chi connectivity index (χ0) is 31.9. The third-order valence-corrected chi connectivity index (χ3v) is 10.4. The number of fused-ring (bicyclic) bond motifs is 1. The Bertz CT molecular complexity index is 1800. The van der Waals surface area contributed by atoms with Gasteiger partial charge in [-0.25, -0.2) is 18.4 Å². The first-order valence-corrected chi connectivity index (χ1v) is 16.0. The van der Waals surface area contributed by atoms with E-state index < -0.39 is 40.3 Å². The Labute approximate surface area is 257 Å². The number of alkyl halides is 5. The second kappa shape index (κ2) is 12.1. The molecule has 1 saturated carbocycles. The fraction of sp³-hybridized carbons (Fsp3) is 0.357. The molecule has 2 fully saturated rings. The molecule has 2 aliphatic rings. The van der Waals surface area contributed by atoms with E-state index in [0.29, 0.717) is 34.4 Å². The lowest BCUT2D eigenvalue weighted by Gasteiger charge is -2.39. The lowest BCUT2D eigenvalue weighted by Crippen LogP contribution is -2.60. The van der Waals surface area contributed by atoms with E-state index in [-0.39, 0.29) is 36.8 Å². The Hall–Kier alpha value is -3.96. The van der Waals surface area contributed by atoms with Crippen LogP contribution >= 0.6 is 11.3 Å². The number of hydrogen-bond acceptors (Lipinski definition) is 9. The minimum absolute atomic E-state index is 0.0564. The van der Waals surface area contributed by atoms with Crippen LogP contribution < -0.4 is 15.0 Å². The molecule has 6 rings (SSSR count). The third-order valence-electron chi connectivity index (χ3n) is 7.41. The predicted molar refractivity (Wildman–Crippen MR) is 153 cm³/mol. The minimum Gasteiger partial charge on any atom is -0.435 e. The van der Waals surface area contributed by atoms with Gasteiger partial charge in [-0.2, -0.15) is 31.2 Å². The Morgan fingerprint density at radius 2 is 1.76 bits per heavy atom. The van der Waals surface area contributed by atoms with Crippen molar-refractivity contribution in [1.29, 1.82) is 0 Å². The number of amides is 1. The van der Waals surface area contributed by atoms with Crippen LogP contribution in [-0.4, -0.2) is 65.9 Å². The van der Waals surface area contributed by atoms with Gasteiger partial charge in [-0.1, -0.05) is 23.5 Å². The number of carbonyl (C=O) groups excluding carboxylic acids is 1. The van der Waals surface area contributed by atoms with E-state index in [1.807, 2.05) is 0 Å². The van der Waals surface area contributed by atoms with Gasteiger partial charge in [0.15, 0.2) is 10.8 Å². The van der Waals surface area contributed by atoms with E-state index in [0.717, 1.165) is 39.8 Å². The molecule has 1 aliphatic carbocycles. The smallest absolute Gasteiger partial charge is 0.416 e. The van der Waals surface area contributed by atoms with Gasteiger partial charge in [-0.05, 0) is 54.8 Å². The SMILES string of the molecule is O=C(NCc1ccc(OC(F)F)cc1)[C@H]1CN(c2nc3nc(C4CC4)ncc3s2)CCN1S(=O)(=O)c1ccc(C(F)(F)F)cc1. The second-order valence-corrected chi connectivity index (χ2v) is 13.4. The molecule has 0 radical (unpaired) electrons. The van der Waals surface area contributed by atoms with Gasteiger partial charge in [0.05, 0.1) is 21.4 Å². The van der Waals surface area contributed by atoms with Crippen molar-refractivity contribution in [1.82, 2.24) is 24.6 Å². The average molecular weight is 669 g/mol. The molecule has 0 bridgehead atoms. The molecule has 2 aromatic carbocycles. The first-order chi connectivity index (χ1) is 21.4. The average Bonchev–Trinajstić information content (AvgIpc) is 3.78. The van der Waals surface area contributed by atoms with Gasteiger partial charge in [0.2, 0.25) is 15.9 Å². The number of nitrogens with one attached hydrogen (secondary N) is 1. The van der Waals surface area contributed by atoms with Crippen molar-refractivity contribution in [2.45, 2.75) is 49.0 Å². The number of aromatic nitrogens is 3. The maximum atomic E-state index is 13.7. The van der Waals surface area contributed by atoms with Crippen LogP contribution in [0.25, 0.3) is 10.3 Å². The summed E-state index contributed by atoms with van der Waals surface area (Å²) in [5, 5.41) is 3.21. The summed E-state index contributed by atoms with van der Waals surface area (Å²) in [4.78, 5) is 28.5. The summed E-state index contributed by atoms with van der Waals surface area (Å²) >= 11 is 1.30. The van der Waals surface area contributed by atoms with Gasteiger partial charge in [0.25, 0.3) is 0 Å². The zero-order valence-corrected chi connectivity index (χ0v) is 24.9. The van der Waals surface area contributed by atoms with Gasteiger partial charge >= 0.3 is 12.8 Å². The van der Waals surface area contributed by atoms with Gasteiger partial charge < -0.3 is 15.0 Å². The van der Waals surface area contributed by atoms with Crippen LogP contribution in [-0.2, 0) is 27.5 Å². The molecule has 45 heavy (non-hydrogen) atoms. The van der Waals surface area contributed by atoms with Crippen molar-refractivity contribution in [3.8, 4) is 5.75 Å². The molecule has 1 amide bonds. The fourth-order valence-corrected chi connectivity index (χ4v) is 7.38. The Kier molecular flexibility index (Phi) is 8.34. The molecule has 1 aliphatic heterocycles. The van der Waals surface area contributed by atoms with Crippen molar-refractivity contribution in [3.05, 3.63) is 71.7 Å². The minimum atomic E-state index is -4.65. The monoisotopic (exact) mass is 668 g/mol. The number of rotatable bonds is 9. The molecule has 4 aromatic rings. The van der Waals surface area contributed by atoms with E-state index in [1.54, 1.807) is 11.1 Å². The highest BCUT2D eigenvalue weighted by Crippen LogP contribution is 2.39. The second-order valence-electron chi connectivity index (χ2n) is 10.5. The highest BCUT2D eigenvalue weighted by Gasteiger charge is 2.41. The number of nitrogens with zero attached hydrogens (tertiary/aromatic N) is 5. The molecule has 2 aromatic heterocycles. The van der Waals surface area contributed by atoms with Gasteiger partial charge in [0, 0.05) is 32.1 Å². The number of sulfonamides is 1. The number of piperazine rings is 1. The summed E-state index contributed by atoms with van der Waals surface area (Å²) in [5.41, 5.74) is 0.0345. The summed E-state index contributed by atoms with van der Waals surface area (Å²) in [6.45, 7) is -3.16. The first-order valence-electron chi connectivity index (χ1n) is 13.8. The van der Waals surface area contributed by atoms with Gasteiger partial charge in [-0.3, -0.25) is 4.79 Å². The van der Waals surface area contributed by atoms with Crippen molar-refractivity contribution in [2.75, 3.05) is 24.5 Å². The summed E-state index contributed by atoms with van der Waals surface area (Å²) in [7, 11) is -4.41. The summed E-state index contributed by atoms with van der Waals surface area (Å²) in [6, 6.07) is 7.37. The van der Waals surface area contributed by atoms with E-state index in [9.17, 15) is 35.2 Å². The largest absolute Gasteiger partial charge is 0.435 e. The first kappa shape index (κ1) is 31.0. The molecule has 10 nitrogen and oxygen atoms in total. The number of halogens is 5. The van der Waals surface area contributed by atoms with Crippen LogP contribution in [0.2, 0.25) is 0 Å². The topological polar surface area (TPSA) is 118 Å². The molecule has 0 unspecified atom stereocenters. The molecule has 0 spiro atoms. The van der Waals surface area contributed by atoms with Crippen LogP contribution in [0.5, 0.6) is 5.75 Å². The van der Waals surface area contributed by atoms with E-state index in [4.69, 9.17) is 0 Å². The predicted octanol–water partition coefficient (Wildman–Crippen LogP) is 4.78. The molecular formula is C28H25F5N6O4S2. The lowest BCUT2D eigenvalue weighted by atomic mass is 10.1. The van der Waals surface area contributed by atoms with E-state index in [1.165, 1.54) is 35.6 Å². The molecule has 1 atom stereocenters. The Balaban J connectivity index is 1.25. The van der Waals surface area contributed by atoms with Crippen molar-refractivity contribution >= 4 is 42.7 Å². The highest BCUT2D eigenvalue weighted by atomic mass is 32.2. The Morgan fingerprint density at radius 3 is 2.40 bits per heavy atom. The highest BCUT2D eigenvalue weighted by molar-refractivity contribution is 7.89. The lowest BCUT2D eigenvalue weighted by molar-refractivity contribution is -0.137. The maximum Gasteiger partial charge on any atom is 0.416 e. The number of hydrogen-bond donors (Lipinski definition) is 1. The summed E-state index contributed by atoms with van der Waals surface area (Å²) in [6.07, 6.45) is -0.921. The summed E-state index contributed by atoms with van der Waals surface area (Å²) < 4.78 is 97.7. The number of thiazole rings is 1. The third kappa shape index (κ3) is 6.84. The maximum absolute atomic E-state index is 13.7. The number of ether oxygens (including phenoxy) is 1. The zero-order valence-electron chi connectivity index (χ0n) is 23.2. The fourth-order valence-electron chi connectivity index (χ4n) is 4.90. The molecular weight excluding hydrogens is 643 g/mol. The number of carbonyl (C=O) groups is 1. The molecule has 1 N–H and O–H groups in total. The van der Waals surface area contributed by atoms with Crippen LogP contribution in [0, 0.1) is 0 Å². The van der Waals surface area contributed by atoms with Crippen molar-refractivity contribution in [2.24, 2.45) is 0 Å². The standard InChI is InChI=1S/C28H25F5N6O4S2/c29-26(30)43-19-7-1-16(2-8-19)13-35-25(40)21-15-38(27-37-24-22(44-27)14-34-23(36-24)17-3-4-17)11-12-39(21)45(41,42)20-9-5-18(6-10-20)28(31,32)33/h1-2,5-10,14,17,21,26H,3-4,11-13,15H2,(H,35,40)/t21-/m1/s1. The van der Waals surface area contributed by atoms with E-state index in [2.05, 4.69) is 25.0 Å². The molecule has 3 heterocycles.